The third kappa shape index (κ3) is 4.46. The fourth-order valence-electron chi connectivity index (χ4n) is 2.53. The highest BCUT2D eigenvalue weighted by Gasteiger charge is 2.28. The van der Waals surface area contributed by atoms with Crippen LogP contribution in [0.4, 0.5) is 8.78 Å². The van der Waals surface area contributed by atoms with E-state index in [1.54, 1.807) is 11.9 Å². The minimum absolute atomic E-state index is 0.0757. The molecule has 2 rings (SSSR count). The lowest BCUT2D eigenvalue weighted by Gasteiger charge is -2.34. The highest BCUT2D eigenvalue weighted by atomic mass is 19.2. The van der Waals surface area contributed by atoms with Crippen LogP contribution in [-0.4, -0.2) is 67.6 Å². The van der Waals surface area contributed by atoms with Crippen molar-refractivity contribution in [3.05, 3.63) is 35.4 Å². The molecule has 1 saturated heterocycles. The summed E-state index contributed by atoms with van der Waals surface area (Å²) < 4.78 is 32.5. The second-order valence-corrected chi connectivity index (χ2v) is 5.51. The molecule has 2 N–H and O–H groups in total. The van der Waals surface area contributed by atoms with Crippen molar-refractivity contribution < 1.29 is 23.1 Å². The van der Waals surface area contributed by atoms with Crippen LogP contribution in [0, 0.1) is 11.6 Å². The number of morpholine rings is 1. The highest BCUT2D eigenvalue weighted by Crippen LogP contribution is 2.16. The van der Waals surface area contributed by atoms with Crippen LogP contribution >= 0.6 is 0 Å². The quantitative estimate of drug-likeness (QED) is 0.840. The summed E-state index contributed by atoms with van der Waals surface area (Å²) in [4.78, 5) is 26.3. The minimum atomic E-state index is -1.15. The van der Waals surface area contributed by atoms with Gasteiger partial charge < -0.3 is 15.4 Å². The van der Waals surface area contributed by atoms with Crippen LogP contribution in [0.3, 0.4) is 0 Å². The summed E-state index contributed by atoms with van der Waals surface area (Å²) in [7, 11) is 1.71. The number of nitrogens with two attached hydrogens (primary N) is 1. The molecule has 0 spiro atoms. The maximum atomic E-state index is 13.7. The summed E-state index contributed by atoms with van der Waals surface area (Å²) >= 11 is 0. The Morgan fingerprint density at radius 1 is 1.43 bits per heavy atom. The van der Waals surface area contributed by atoms with Gasteiger partial charge in [0.15, 0.2) is 11.6 Å². The molecule has 6 nitrogen and oxygen atoms in total. The molecule has 126 valence electrons. The number of hydrogen-bond donors (Lipinski definition) is 1. The Morgan fingerprint density at radius 2 is 2.17 bits per heavy atom. The predicted octanol–water partition coefficient (Wildman–Crippen LogP) is 0.223. The van der Waals surface area contributed by atoms with Gasteiger partial charge in [-0.05, 0) is 19.2 Å². The summed E-state index contributed by atoms with van der Waals surface area (Å²) in [6, 6.07) is 3.52. The van der Waals surface area contributed by atoms with Crippen LogP contribution in [0.1, 0.15) is 10.4 Å². The molecule has 2 amide bonds. The first-order chi connectivity index (χ1) is 10.9. The van der Waals surface area contributed by atoms with Crippen molar-refractivity contribution in [3.63, 3.8) is 0 Å². The predicted molar refractivity (Wildman–Crippen MR) is 78.7 cm³/mol. The third-order valence-corrected chi connectivity index (χ3v) is 3.55. The van der Waals surface area contributed by atoms with Gasteiger partial charge in [-0.1, -0.05) is 6.07 Å². The van der Waals surface area contributed by atoms with Gasteiger partial charge in [-0.25, -0.2) is 8.78 Å². The average Bonchev–Trinajstić information content (AvgIpc) is 2.48. The molecule has 1 aromatic carbocycles. The molecule has 1 heterocycles. The van der Waals surface area contributed by atoms with Crippen LogP contribution in [0.15, 0.2) is 18.2 Å². The molecule has 23 heavy (non-hydrogen) atoms. The van der Waals surface area contributed by atoms with Gasteiger partial charge in [-0.15, -0.1) is 0 Å². The molecule has 0 radical (unpaired) electrons. The number of rotatable bonds is 5. The normalized spacial score (nSPS) is 18.3. The summed E-state index contributed by atoms with van der Waals surface area (Å²) in [6.45, 7) is 1.30. The Morgan fingerprint density at radius 3 is 2.87 bits per heavy atom. The van der Waals surface area contributed by atoms with Crippen molar-refractivity contribution in [2.24, 2.45) is 5.73 Å². The molecule has 0 saturated carbocycles. The van der Waals surface area contributed by atoms with Gasteiger partial charge in [0.05, 0.1) is 24.8 Å². The van der Waals surface area contributed by atoms with Crippen LogP contribution in [0.5, 0.6) is 0 Å². The van der Waals surface area contributed by atoms with Gasteiger partial charge in [-0.3, -0.25) is 14.5 Å². The van der Waals surface area contributed by atoms with Crippen molar-refractivity contribution >= 4 is 11.8 Å². The Bertz CT molecular complexity index is 597. The summed E-state index contributed by atoms with van der Waals surface area (Å²) in [5, 5.41) is 0. The molecule has 0 aromatic heterocycles. The second kappa shape index (κ2) is 7.47. The van der Waals surface area contributed by atoms with Gasteiger partial charge in [0, 0.05) is 19.6 Å². The zero-order valence-electron chi connectivity index (χ0n) is 12.8. The van der Waals surface area contributed by atoms with Gasteiger partial charge in [0.25, 0.3) is 5.91 Å². The molecule has 0 aliphatic carbocycles. The highest BCUT2D eigenvalue weighted by molar-refractivity contribution is 5.94. The molecular weight excluding hydrogens is 308 g/mol. The molecule has 1 atom stereocenters. The fourth-order valence-corrected chi connectivity index (χ4v) is 2.53. The number of amides is 2. The minimum Gasteiger partial charge on any atom is -0.373 e. The van der Waals surface area contributed by atoms with E-state index in [4.69, 9.17) is 10.5 Å². The summed E-state index contributed by atoms with van der Waals surface area (Å²) in [6.07, 6.45) is -0.325. The van der Waals surface area contributed by atoms with E-state index in [9.17, 15) is 18.4 Å². The largest absolute Gasteiger partial charge is 0.373 e. The van der Waals surface area contributed by atoms with Crippen molar-refractivity contribution in [3.8, 4) is 0 Å². The Hall–Kier alpha value is -2.06. The Labute approximate surface area is 132 Å². The maximum Gasteiger partial charge on any atom is 0.257 e. The molecule has 8 heteroatoms. The van der Waals surface area contributed by atoms with E-state index in [0.717, 1.165) is 6.07 Å². The lowest BCUT2D eigenvalue weighted by molar-refractivity contribution is -0.119. The number of carbonyl (C=O) groups is 2. The van der Waals surface area contributed by atoms with Crippen molar-refractivity contribution in [2.75, 3.05) is 39.8 Å². The number of primary amides is 1. The Balaban J connectivity index is 2.01. The number of ether oxygens (including phenoxy) is 1. The zero-order chi connectivity index (χ0) is 17.0. The number of nitrogens with zero attached hydrogens (tertiary/aromatic N) is 2. The van der Waals surface area contributed by atoms with Crippen LogP contribution in [0.2, 0.25) is 0 Å². The van der Waals surface area contributed by atoms with E-state index in [2.05, 4.69) is 0 Å². The maximum absolute atomic E-state index is 13.7. The first-order valence-electron chi connectivity index (χ1n) is 7.20. The van der Waals surface area contributed by atoms with E-state index in [-0.39, 0.29) is 31.4 Å². The molecular formula is C15H19F2N3O3. The van der Waals surface area contributed by atoms with E-state index in [0.29, 0.717) is 13.1 Å². The number of halogens is 2. The van der Waals surface area contributed by atoms with E-state index < -0.39 is 23.4 Å². The summed E-state index contributed by atoms with van der Waals surface area (Å²) in [5.41, 5.74) is 4.82. The fraction of sp³-hybridized carbons (Fsp3) is 0.467. The molecule has 0 bridgehead atoms. The van der Waals surface area contributed by atoms with E-state index in [1.165, 1.54) is 17.0 Å². The molecule has 1 unspecified atom stereocenters. The number of benzene rings is 1. The molecule has 1 aromatic rings. The lowest BCUT2D eigenvalue weighted by Crippen LogP contribution is -2.50. The van der Waals surface area contributed by atoms with Crippen molar-refractivity contribution in [1.82, 2.24) is 9.80 Å². The monoisotopic (exact) mass is 327 g/mol. The van der Waals surface area contributed by atoms with Gasteiger partial charge in [0.2, 0.25) is 5.91 Å². The molecule has 1 aliphatic heterocycles. The van der Waals surface area contributed by atoms with E-state index >= 15 is 0 Å². The van der Waals surface area contributed by atoms with Crippen LogP contribution in [0.25, 0.3) is 0 Å². The number of likely N-dealkylation sites (N-methyl/N-ethyl adjacent to an activating group) is 1. The first kappa shape index (κ1) is 17.3. The lowest BCUT2D eigenvalue weighted by atomic mass is 10.1. The summed E-state index contributed by atoms with van der Waals surface area (Å²) in [5.74, 6) is -3.24. The van der Waals surface area contributed by atoms with Crippen molar-refractivity contribution in [1.29, 1.82) is 0 Å². The smallest absolute Gasteiger partial charge is 0.257 e. The molecule has 1 fully saturated rings. The van der Waals surface area contributed by atoms with Gasteiger partial charge >= 0.3 is 0 Å². The second-order valence-electron chi connectivity index (χ2n) is 5.51. The number of hydrogen-bond acceptors (Lipinski definition) is 4. The number of carbonyl (C=O) groups excluding carboxylic acids is 2. The Kier molecular flexibility index (Phi) is 5.62. The van der Waals surface area contributed by atoms with Gasteiger partial charge in [-0.2, -0.15) is 0 Å². The molecule has 1 aliphatic rings. The first-order valence-corrected chi connectivity index (χ1v) is 7.20. The average molecular weight is 327 g/mol. The van der Waals surface area contributed by atoms with Crippen LogP contribution < -0.4 is 5.73 Å². The third-order valence-electron chi connectivity index (χ3n) is 3.55. The standard InChI is InChI=1S/C15H19F2N3O3/c1-19(9-13(18)21)7-10-8-20(5-6-23-10)15(22)11-3-2-4-12(16)14(11)17/h2-4,10H,5-9H2,1H3,(H2,18,21). The van der Waals surface area contributed by atoms with Gasteiger partial charge in [0.1, 0.15) is 0 Å². The van der Waals surface area contributed by atoms with E-state index in [1.807, 2.05) is 0 Å². The van der Waals surface area contributed by atoms with Crippen LogP contribution in [-0.2, 0) is 9.53 Å². The SMILES string of the molecule is CN(CC(N)=O)CC1CN(C(=O)c2cccc(F)c2F)CCO1. The van der Waals surface area contributed by atoms with Crippen molar-refractivity contribution in [2.45, 2.75) is 6.10 Å². The zero-order valence-corrected chi connectivity index (χ0v) is 12.8. The topological polar surface area (TPSA) is 75.9 Å².